The smallest absolute Gasteiger partial charge is 0.320 e. The number of carbonyl (C=O) groups excluding carboxylic acids is 1. The number of aromatic amines is 1. The number of carboxylic acid groups (broad SMARTS) is 1. The molecule has 1 aliphatic heterocycles. The highest BCUT2D eigenvalue weighted by molar-refractivity contribution is 5.74. The van der Waals surface area contributed by atoms with Gasteiger partial charge in [0, 0.05) is 26.6 Å². The monoisotopic (exact) mass is 281 g/mol. The van der Waals surface area contributed by atoms with Crippen molar-refractivity contribution in [1.29, 1.82) is 0 Å². The van der Waals surface area contributed by atoms with E-state index >= 15 is 0 Å². The summed E-state index contributed by atoms with van der Waals surface area (Å²) in [6, 6.07) is -0.111. The molecule has 0 bridgehead atoms. The van der Waals surface area contributed by atoms with Crippen LogP contribution in [0.2, 0.25) is 0 Å². The summed E-state index contributed by atoms with van der Waals surface area (Å²) in [6.07, 6.45) is 0.860. The predicted molar refractivity (Wildman–Crippen MR) is 69.9 cm³/mol. The lowest BCUT2D eigenvalue weighted by Gasteiger charge is -2.23. The van der Waals surface area contributed by atoms with Crippen molar-refractivity contribution in [2.75, 3.05) is 20.1 Å². The fourth-order valence-electron chi connectivity index (χ4n) is 2.40. The van der Waals surface area contributed by atoms with E-state index in [1.165, 1.54) is 0 Å². The summed E-state index contributed by atoms with van der Waals surface area (Å²) in [6.45, 7) is 3.25. The zero-order valence-electron chi connectivity index (χ0n) is 11.7. The summed E-state index contributed by atoms with van der Waals surface area (Å²) in [5, 5.41) is 15.5. The number of carbonyl (C=O) groups is 2. The number of H-pyrrole nitrogens is 1. The summed E-state index contributed by atoms with van der Waals surface area (Å²) in [5.41, 5.74) is 0. The third-order valence-electron chi connectivity index (χ3n) is 3.37. The fraction of sp³-hybridized carbons (Fsp3) is 0.667. The third-order valence-corrected chi connectivity index (χ3v) is 3.37. The molecule has 2 N–H and O–H groups in total. The maximum atomic E-state index is 12.2. The lowest BCUT2D eigenvalue weighted by Crippen LogP contribution is -2.39. The standard InChI is InChI=1S/C12H19N5O3/c1-8-13-10(15-14-8)7-16(2)12(20)17-4-3-9(6-17)5-11(18)19/h9H,3-7H2,1-2H3,(H,18,19)(H,13,14,15). The fourth-order valence-corrected chi connectivity index (χ4v) is 2.40. The predicted octanol–water partition coefficient (Wildman–Crippen LogP) is 0.462. The summed E-state index contributed by atoms with van der Waals surface area (Å²) < 4.78 is 0. The van der Waals surface area contributed by atoms with Crippen molar-refractivity contribution < 1.29 is 14.7 Å². The Hall–Kier alpha value is -2.12. The summed E-state index contributed by atoms with van der Waals surface area (Å²) >= 11 is 0. The average molecular weight is 281 g/mol. The molecule has 20 heavy (non-hydrogen) atoms. The van der Waals surface area contributed by atoms with Crippen molar-refractivity contribution in [3.05, 3.63) is 11.6 Å². The van der Waals surface area contributed by atoms with Crippen LogP contribution in [0.15, 0.2) is 0 Å². The van der Waals surface area contributed by atoms with Crippen LogP contribution in [-0.2, 0) is 11.3 Å². The highest BCUT2D eigenvalue weighted by atomic mass is 16.4. The molecule has 8 nitrogen and oxygen atoms in total. The molecule has 0 saturated carbocycles. The Morgan fingerprint density at radius 1 is 1.55 bits per heavy atom. The number of aryl methyl sites for hydroxylation is 1. The Kier molecular flexibility index (Phi) is 4.21. The van der Waals surface area contributed by atoms with E-state index < -0.39 is 5.97 Å². The van der Waals surface area contributed by atoms with Crippen LogP contribution in [0.4, 0.5) is 4.79 Å². The van der Waals surface area contributed by atoms with Gasteiger partial charge in [-0.15, -0.1) is 0 Å². The lowest BCUT2D eigenvalue weighted by atomic mass is 10.1. The molecule has 2 amide bonds. The van der Waals surface area contributed by atoms with Crippen LogP contribution < -0.4 is 0 Å². The first kappa shape index (κ1) is 14.3. The summed E-state index contributed by atoms with van der Waals surface area (Å²) in [5.74, 6) is 0.521. The van der Waals surface area contributed by atoms with Gasteiger partial charge in [0.05, 0.1) is 6.54 Å². The van der Waals surface area contributed by atoms with Crippen LogP contribution in [0.3, 0.4) is 0 Å². The van der Waals surface area contributed by atoms with E-state index in [9.17, 15) is 9.59 Å². The van der Waals surface area contributed by atoms with Crippen molar-refractivity contribution in [3.8, 4) is 0 Å². The van der Waals surface area contributed by atoms with Crippen LogP contribution in [-0.4, -0.2) is 62.2 Å². The minimum Gasteiger partial charge on any atom is -0.481 e. The first-order chi connectivity index (χ1) is 9.45. The number of aliphatic carboxylic acids is 1. The second-order valence-corrected chi connectivity index (χ2v) is 5.17. The number of hydrogen-bond acceptors (Lipinski definition) is 4. The molecule has 1 aromatic rings. The number of amides is 2. The second kappa shape index (κ2) is 5.89. The molecule has 1 aromatic heterocycles. The van der Waals surface area contributed by atoms with E-state index in [2.05, 4.69) is 15.2 Å². The number of hydrogen-bond donors (Lipinski definition) is 2. The molecule has 2 heterocycles. The van der Waals surface area contributed by atoms with Gasteiger partial charge in [-0.05, 0) is 19.3 Å². The van der Waals surface area contributed by atoms with Crippen molar-refractivity contribution in [2.45, 2.75) is 26.3 Å². The van der Waals surface area contributed by atoms with E-state index in [1.54, 1.807) is 23.8 Å². The van der Waals surface area contributed by atoms with Crippen LogP contribution in [0.25, 0.3) is 0 Å². The van der Waals surface area contributed by atoms with Gasteiger partial charge >= 0.3 is 12.0 Å². The molecule has 0 aliphatic carbocycles. The SMILES string of the molecule is Cc1nc(CN(C)C(=O)N2CCC(CC(=O)O)C2)n[nH]1. The molecule has 1 fully saturated rings. The number of rotatable bonds is 4. The van der Waals surface area contributed by atoms with Crippen molar-refractivity contribution in [2.24, 2.45) is 5.92 Å². The van der Waals surface area contributed by atoms with Gasteiger partial charge in [-0.1, -0.05) is 0 Å². The topological polar surface area (TPSA) is 102 Å². The maximum absolute atomic E-state index is 12.2. The van der Waals surface area contributed by atoms with Crippen molar-refractivity contribution in [1.82, 2.24) is 25.0 Å². The van der Waals surface area contributed by atoms with Crippen molar-refractivity contribution in [3.63, 3.8) is 0 Å². The summed E-state index contributed by atoms with van der Waals surface area (Å²) in [7, 11) is 1.69. The minimum atomic E-state index is -0.811. The molecule has 1 aliphatic rings. The van der Waals surface area contributed by atoms with Crippen LogP contribution in [0, 0.1) is 12.8 Å². The molecule has 1 saturated heterocycles. The molecule has 8 heteroatoms. The highest BCUT2D eigenvalue weighted by Crippen LogP contribution is 2.20. The summed E-state index contributed by atoms with van der Waals surface area (Å²) in [4.78, 5) is 30.3. The highest BCUT2D eigenvalue weighted by Gasteiger charge is 2.29. The zero-order valence-corrected chi connectivity index (χ0v) is 11.7. The Balaban J connectivity index is 1.86. The molecule has 0 spiro atoms. The third kappa shape index (κ3) is 3.46. The number of likely N-dealkylation sites (tertiary alicyclic amines) is 1. The van der Waals surface area contributed by atoms with Crippen LogP contribution in [0.1, 0.15) is 24.5 Å². The molecule has 110 valence electrons. The van der Waals surface area contributed by atoms with Gasteiger partial charge in [-0.2, -0.15) is 5.10 Å². The van der Waals surface area contributed by atoms with E-state index in [4.69, 9.17) is 5.11 Å². The molecular weight excluding hydrogens is 262 g/mol. The average Bonchev–Trinajstić information content (AvgIpc) is 2.97. The van der Waals surface area contributed by atoms with Gasteiger partial charge < -0.3 is 14.9 Å². The normalized spacial score (nSPS) is 18.3. The second-order valence-electron chi connectivity index (χ2n) is 5.17. The Labute approximate surface area is 116 Å². The van der Waals surface area contributed by atoms with Gasteiger partial charge in [0.2, 0.25) is 0 Å². The van der Waals surface area contributed by atoms with E-state index in [0.29, 0.717) is 31.3 Å². The Morgan fingerprint density at radius 2 is 2.30 bits per heavy atom. The zero-order chi connectivity index (χ0) is 14.7. The van der Waals surface area contributed by atoms with E-state index in [0.717, 1.165) is 6.42 Å². The van der Waals surface area contributed by atoms with Crippen LogP contribution in [0.5, 0.6) is 0 Å². The van der Waals surface area contributed by atoms with Crippen molar-refractivity contribution >= 4 is 12.0 Å². The van der Waals surface area contributed by atoms with Gasteiger partial charge in [0.15, 0.2) is 5.82 Å². The van der Waals surface area contributed by atoms with Crippen LogP contribution >= 0.6 is 0 Å². The molecule has 1 unspecified atom stereocenters. The molecule has 1 atom stereocenters. The van der Waals surface area contributed by atoms with Gasteiger partial charge in [0.1, 0.15) is 5.82 Å². The molecular formula is C12H19N5O3. The molecule has 2 rings (SSSR count). The number of nitrogens with zero attached hydrogens (tertiary/aromatic N) is 4. The quantitative estimate of drug-likeness (QED) is 0.834. The maximum Gasteiger partial charge on any atom is 0.320 e. The minimum absolute atomic E-state index is 0.0515. The lowest BCUT2D eigenvalue weighted by molar-refractivity contribution is -0.138. The largest absolute Gasteiger partial charge is 0.481 e. The Bertz CT molecular complexity index is 501. The first-order valence-corrected chi connectivity index (χ1v) is 6.55. The number of aromatic nitrogens is 3. The molecule has 0 radical (unpaired) electrons. The number of carboxylic acids is 1. The van der Waals surface area contributed by atoms with Gasteiger partial charge in [-0.25, -0.2) is 9.78 Å². The van der Waals surface area contributed by atoms with Gasteiger partial charge in [-0.3, -0.25) is 9.89 Å². The van der Waals surface area contributed by atoms with E-state index in [-0.39, 0.29) is 18.4 Å². The number of nitrogens with one attached hydrogen (secondary N) is 1. The first-order valence-electron chi connectivity index (χ1n) is 6.55. The van der Waals surface area contributed by atoms with E-state index in [1.807, 2.05) is 0 Å². The van der Waals surface area contributed by atoms with Gasteiger partial charge in [0.25, 0.3) is 0 Å². The number of urea groups is 1. The Morgan fingerprint density at radius 3 is 2.90 bits per heavy atom. The molecule has 0 aromatic carbocycles.